The fourth-order valence-corrected chi connectivity index (χ4v) is 3.15. The molecule has 0 N–H and O–H groups in total. The summed E-state index contributed by atoms with van der Waals surface area (Å²) in [6.45, 7) is 10.5. The Hall–Kier alpha value is -1.85. The van der Waals surface area contributed by atoms with Crippen LogP contribution in [0.2, 0.25) is 0 Å². The predicted molar refractivity (Wildman–Crippen MR) is 88.8 cm³/mol. The topological polar surface area (TPSA) is 58.4 Å². The van der Waals surface area contributed by atoms with Crippen LogP contribution in [0.5, 0.6) is 0 Å². The predicted octanol–water partition coefficient (Wildman–Crippen LogP) is 1.69. The van der Waals surface area contributed by atoms with Crippen LogP contribution < -0.4 is 0 Å². The Bertz CT molecular complexity index is 553. The van der Waals surface area contributed by atoms with Gasteiger partial charge >= 0.3 is 0 Å². The number of carbonyl (C=O) groups excluding carboxylic acids is 2. The third-order valence-electron chi connectivity index (χ3n) is 4.45. The van der Waals surface area contributed by atoms with Crippen LogP contribution in [0.25, 0.3) is 0 Å². The number of aromatic nitrogens is 2. The van der Waals surface area contributed by atoms with Gasteiger partial charge in [-0.25, -0.2) is 4.98 Å². The van der Waals surface area contributed by atoms with Crippen LogP contribution in [0.1, 0.15) is 39.4 Å². The standard InChI is InChI=1S/C17H28N4O2/c1-13(2)11-17(23)20-7-5-16(12-20)21(15(4)22)10-9-19-8-6-18-14(19)3/h6,8,13,16H,5,7,9-12H2,1-4H3. The third-order valence-corrected chi connectivity index (χ3v) is 4.45. The molecule has 1 unspecified atom stereocenters. The number of amides is 2. The van der Waals surface area contributed by atoms with Crippen molar-refractivity contribution in [1.29, 1.82) is 0 Å². The molecule has 2 rings (SSSR count). The van der Waals surface area contributed by atoms with Crippen LogP contribution in [0.3, 0.4) is 0 Å². The van der Waals surface area contributed by atoms with Crippen LogP contribution in [0.4, 0.5) is 0 Å². The van der Waals surface area contributed by atoms with E-state index < -0.39 is 0 Å². The maximum Gasteiger partial charge on any atom is 0.222 e. The van der Waals surface area contributed by atoms with Crippen molar-refractivity contribution in [3.8, 4) is 0 Å². The Morgan fingerprint density at radius 1 is 1.43 bits per heavy atom. The molecule has 0 aliphatic carbocycles. The fourth-order valence-electron chi connectivity index (χ4n) is 3.15. The zero-order chi connectivity index (χ0) is 17.0. The van der Waals surface area contributed by atoms with Gasteiger partial charge in [0, 0.05) is 51.9 Å². The molecule has 0 bridgehead atoms. The van der Waals surface area contributed by atoms with Gasteiger partial charge in [-0.3, -0.25) is 9.59 Å². The average molecular weight is 320 g/mol. The van der Waals surface area contributed by atoms with Crippen molar-refractivity contribution < 1.29 is 9.59 Å². The van der Waals surface area contributed by atoms with Crippen molar-refractivity contribution in [2.75, 3.05) is 19.6 Å². The van der Waals surface area contributed by atoms with Crippen LogP contribution >= 0.6 is 0 Å². The number of aryl methyl sites for hydroxylation is 1. The first-order valence-electron chi connectivity index (χ1n) is 8.41. The molecule has 0 spiro atoms. The molecule has 0 saturated carbocycles. The lowest BCUT2D eigenvalue weighted by Crippen LogP contribution is -2.43. The van der Waals surface area contributed by atoms with E-state index in [9.17, 15) is 9.59 Å². The van der Waals surface area contributed by atoms with Crippen LogP contribution in [-0.2, 0) is 16.1 Å². The van der Waals surface area contributed by atoms with Crippen LogP contribution in [0.15, 0.2) is 12.4 Å². The number of hydrogen-bond acceptors (Lipinski definition) is 3. The van der Waals surface area contributed by atoms with Gasteiger partial charge in [-0.2, -0.15) is 0 Å². The Kier molecular flexibility index (Phi) is 5.80. The highest BCUT2D eigenvalue weighted by Crippen LogP contribution is 2.18. The first-order chi connectivity index (χ1) is 10.9. The van der Waals surface area contributed by atoms with Gasteiger partial charge in [-0.05, 0) is 19.3 Å². The second-order valence-corrected chi connectivity index (χ2v) is 6.76. The fraction of sp³-hybridized carbons (Fsp3) is 0.706. The second kappa shape index (κ2) is 7.62. The minimum Gasteiger partial charge on any atom is -0.341 e. The smallest absolute Gasteiger partial charge is 0.222 e. The number of likely N-dealkylation sites (tertiary alicyclic amines) is 1. The van der Waals surface area contributed by atoms with Crippen LogP contribution in [0, 0.1) is 12.8 Å². The van der Waals surface area contributed by atoms with Crippen molar-refractivity contribution in [2.45, 2.75) is 53.1 Å². The minimum atomic E-state index is 0.0749. The van der Waals surface area contributed by atoms with Gasteiger partial charge in [-0.1, -0.05) is 13.8 Å². The molecule has 0 aromatic carbocycles. The van der Waals surface area contributed by atoms with E-state index in [4.69, 9.17) is 0 Å². The molecule has 1 saturated heterocycles. The Morgan fingerprint density at radius 2 is 2.17 bits per heavy atom. The van der Waals surface area contributed by atoms with E-state index in [1.807, 2.05) is 27.5 Å². The van der Waals surface area contributed by atoms with Crippen molar-refractivity contribution in [2.24, 2.45) is 5.92 Å². The lowest BCUT2D eigenvalue weighted by Gasteiger charge is -2.28. The third kappa shape index (κ3) is 4.56. The molecule has 0 radical (unpaired) electrons. The summed E-state index contributed by atoms with van der Waals surface area (Å²) in [7, 11) is 0. The number of imidazole rings is 1. The number of carbonyl (C=O) groups is 2. The van der Waals surface area contributed by atoms with E-state index in [1.54, 1.807) is 13.1 Å². The van der Waals surface area contributed by atoms with E-state index in [0.717, 1.165) is 25.3 Å². The van der Waals surface area contributed by atoms with E-state index in [2.05, 4.69) is 18.8 Å². The van der Waals surface area contributed by atoms with Gasteiger partial charge in [0.15, 0.2) is 0 Å². The molecule has 6 heteroatoms. The molecule has 2 heterocycles. The lowest BCUT2D eigenvalue weighted by atomic mass is 10.1. The summed E-state index contributed by atoms with van der Waals surface area (Å²) < 4.78 is 2.05. The molecule has 1 aliphatic heterocycles. The first kappa shape index (κ1) is 17.5. The zero-order valence-corrected chi connectivity index (χ0v) is 14.7. The highest BCUT2D eigenvalue weighted by molar-refractivity contribution is 5.77. The SMILES string of the molecule is CC(=O)N(CCn1ccnc1C)C1CCN(C(=O)CC(C)C)C1. The Labute approximate surface area is 138 Å². The summed E-state index contributed by atoms with van der Waals surface area (Å²) in [6.07, 6.45) is 5.16. The van der Waals surface area contributed by atoms with Crippen LogP contribution in [-0.4, -0.2) is 56.8 Å². The summed E-state index contributed by atoms with van der Waals surface area (Å²) in [5, 5.41) is 0. The highest BCUT2D eigenvalue weighted by atomic mass is 16.2. The maximum absolute atomic E-state index is 12.2. The maximum atomic E-state index is 12.2. The normalized spacial score (nSPS) is 17.8. The van der Waals surface area contributed by atoms with E-state index in [0.29, 0.717) is 25.4 Å². The van der Waals surface area contributed by atoms with Crippen molar-refractivity contribution >= 4 is 11.8 Å². The van der Waals surface area contributed by atoms with Crippen molar-refractivity contribution in [1.82, 2.24) is 19.4 Å². The molecule has 23 heavy (non-hydrogen) atoms. The number of nitrogens with zero attached hydrogens (tertiary/aromatic N) is 4. The molecule has 1 fully saturated rings. The number of hydrogen-bond donors (Lipinski definition) is 0. The van der Waals surface area contributed by atoms with Gasteiger partial charge in [0.2, 0.25) is 11.8 Å². The number of rotatable bonds is 6. The average Bonchev–Trinajstić information content (AvgIpc) is 3.08. The first-order valence-corrected chi connectivity index (χ1v) is 8.41. The van der Waals surface area contributed by atoms with E-state index in [-0.39, 0.29) is 17.9 Å². The molecule has 1 atom stereocenters. The Balaban J connectivity index is 1.93. The second-order valence-electron chi connectivity index (χ2n) is 6.76. The van der Waals surface area contributed by atoms with Crippen molar-refractivity contribution in [3.63, 3.8) is 0 Å². The van der Waals surface area contributed by atoms with Gasteiger partial charge in [0.25, 0.3) is 0 Å². The molecule has 6 nitrogen and oxygen atoms in total. The zero-order valence-electron chi connectivity index (χ0n) is 14.7. The monoisotopic (exact) mass is 320 g/mol. The molecule has 2 amide bonds. The molecule has 1 aromatic rings. The molecular formula is C17H28N4O2. The van der Waals surface area contributed by atoms with Gasteiger partial charge in [-0.15, -0.1) is 0 Å². The molecule has 128 valence electrons. The summed E-state index contributed by atoms with van der Waals surface area (Å²) in [6, 6.07) is 0.132. The highest BCUT2D eigenvalue weighted by Gasteiger charge is 2.31. The van der Waals surface area contributed by atoms with Gasteiger partial charge in [0.05, 0.1) is 6.04 Å². The summed E-state index contributed by atoms with van der Waals surface area (Å²) in [5.41, 5.74) is 0. The van der Waals surface area contributed by atoms with Gasteiger partial charge in [0.1, 0.15) is 5.82 Å². The quantitative estimate of drug-likeness (QED) is 0.801. The van der Waals surface area contributed by atoms with E-state index >= 15 is 0 Å². The summed E-state index contributed by atoms with van der Waals surface area (Å²) >= 11 is 0. The molecule has 1 aliphatic rings. The molecular weight excluding hydrogens is 292 g/mol. The molecule has 1 aromatic heterocycles. The van der Waals surface area contributed by atoms with Gasteiger partial charge < -0.3 is 14.4 Å². The largest absolute Gasteiger partial charge is 0.341 e. The minimum absolute atomic E-state index is 0.0749. The summed E-state index contributed by atoms with van der Waals surface area (Å²) in [5.74, 6) is 1.60. The lowest BCUT2D eigenvalue weighted by molar-refractivity contribution is -0.134. The Morgan fingerprint density at radius 3 is 2.74 bits per heavy atom. The summed E-state index contributed by atoms with van der Waals surface area (Å²) in [4.78, 5) is 32.2. The van der Waals surface area contributed by atoms with Crippen molar-refractivity contribution in [3.05, 3.63) is 18.2 Å². The van der Waals surface area contributed by atoms with E-state index in [1.165, 1.54) is 0 Å².